The number of amides is 1. The molecule has 5 rings (SSSR count). The molecule has 1 amide bonds. The number of pyridine rings is 1. The Kier molecular flexibility index (Phi) is 5.50. The fourth-order valence-corrected chi connectivity index (χ4v) is 4.48. The Labute approximate surface area is 180 Å². The second-order valence-corrected chi connectivity index (χ2v) is 8.16. The van der Waals surface area contributed by atoms with Crippen LogP contribution >= 0.6 is 0 Å². The van der Waals surface area contributed by atoms with E-state index in [4.69, 9.17) is 20.2 Å². The molecule has 3 aliphatic rings. The lowest BCUT2D eigenvalue weighted by Gasteiger charge is -2.33. The predicted octanol–water partition coefficient (Wildman–Crippen LogP) is 1.75. The van der Waals surface area contributed by atoms with Crippen molar-refractivity contribution in [1.82, 2.24) is 15.0 Å². The minimum Gasteiger partial charge on any atom is -0.461 e. The lowest BCUT2D eigenvalue weighted by Crippen LogP contribution is -2.37. The Hall–Kier alpha value is -3.07. The van der Waals surface area contributed by atoms with Gasteiger partial charge < -0.3 is 20.1 Å². The molecular weight excluding hydrogens is 396 g/mol. The lowest BCUT2D eigenvalue weighted by atomic mass is 9.88. The van der Waals surface area contributed by atoms with Gasteiger partial charge in [-0.15, -0.1) is 0 Å². The van der Waals surface area contributed by atoms with Gasteiger partial charge in [0.25, 0.3) is 5.91 Å². The van der Waals surface area contributed by atoms with Crippen molar-refractivity contribution >= 4 is 17.4 Å². The van der Waals surface area contributed by atoms with E-state index in [2.05, 4.69) is 25.9 Å². The normalized spacial score (nSPS) is 21.1. The van der Waals surface area contributed by atoms with Crippen molar-refractivity contribution in [3.63, 3.8) is 0 Å². The highest BCUT2D eigenvalue weighted by Crippen LogP contribution is 2.30. The molecule has 5 heterocycles. The Bertz CT molecular complexity index is 996. The van der Waals surface area contributed by atoms with Crippen LogP contribution in [0.2, 0.25) is 0 Å². The number of carbonyl (C=O) groups excluding carboxylic acids is 1. The average molecular weight is 422 g/mol. The summed E-state index contributed by atoms with van der Waals surface area (Å²) in [4.78, 5) is 31.9. The fourth-order valence-electron chi connectivity index (χ4n) is 4.48. The first-order valence-electron chi connectivity index (χ1n) is 10.8. The summed E-state index contributed by atoms with van der Waals surface area (Å²) in [6.45, 7) is 3.41. The Morgan fingerprint density at radius 1 is 1.26 bits per heavy atom. The quantitative estimate of drug-likeness (QED) is 0.754. The second kappa shape index (κ2) is 8.58. The van der Waals surface area contributed by atoms with Crippen LogP contribution < -0.4 is 15.4 Å². The summed E-state index contributed by atoms with van der Waals surface area (Å²) in [5.74, 6) is 0.472. The maximum absolute atomic E-state index is 11.8. The highest BCUT2D eigenvalue weighted by atomic mass is 16.5. The summed E-state index contributed by atoms with van der Waals surface area (Å²) >= 11 is 0. The van der Waals surface area contributed by atoms with Crippen LogP contribution in [0.1, 0.15) is 47.4 Å². The van der Waals surface area contributed by atoms with Gasteiger partial charge in [0, 0.05) is 49.2 Å². The molecule has 0 saturated carbocycles. The summed E-state index contributed by atoms with van der Waals surface area (Å²) < 4.78 is 11.3. The molecule has 9 nitrogen and oxygen atoms in total. The van der Waals surface area contributed by atoms with E-state index in [-0.39, 0.29) is 17.8 Å². The van der Waals surface area contributed by atoms with Gasteiger partial charge in [-0.3, -0.25) is 14.8 Å². The van der Waals surface area contributed by atoms with Gasteiger partial charge in [0.05, 0.1) is 18.3 Å². The molecule has 2 fully saturated rings. The first kappa shape index (κ1) is 19.9. The standard InChI is InChI=1S/C22H26N6O3/c23-21(29)17-11-19(27-22(26-17)31-13-15-3-2-10-30-15)28-8-5-14(6-9-28)20-16-4-1-7-24-18(16)12-25-20/h1,4,7,11,14-15H,2-3,5-6,8-10,12-13H2,(H2,23,29)/t15-/m1/s1. The molecule has 2 aromatic heterocycles. The molecule has 0 radical (unpaired) electrons. The minimum atomic E-state index is -0.593. The molecule has 1 atom stereocenters. The van der Waals surface area contributed by atoms with Crippen molar-refractivity contribution < 1.29 is 14.3 Å². The second-order valence-electron chi connectivity index (χ2n) is 8.16. The van der Waals surface area contributed by atoms with Gasteiger partial charge in [0.15, 0.2) is 0 Å². The van der Waals surface area contributed by atoms with Gasteiger partial charge in [-0.25, -0.2) is 0 Å². The largest absolute Gasteiger partial charge is 0.461 e. The first-order valence-corrected chi connectivity index (χ1v) is 10.8. The maximum atomic E-state index is 11.8. The zero-order valence-corrected chi connectivity index (χ0v) is 17.4. The average Bonchev–Trinajstić information content (AvgIpc) is 3.47. The molecule has 9 heteroatoms. The van der Waals surface area contributed by atoms with E-state index in [1.165, 1.54) is 11.3 Å². The van der Waals surface area contributed by atoms with Crippen LogP contribution in [0.3, 0.4) is 0 Å². The molecule has 162 valence electrons. The summed E-state index contributed by atoms with van der Waals surface area (Å²) in [6, 6.07) is 5.90. The number of fused-ring (bicyclic) bond motifs is 1. The summed E-state index contributed by atoms with van der Waals surface area (Å²) in [5.41, 5.74) is 9.08. The zero-order chi connectivity index (χ0) is 21.2. The van der Waals surface area contributed by atoms with E-state index < -0.39 is 5.91 Å². The summed E-state index contributed by atoms with van der Waals surface area (Å²) in [6.07, 6.45) is 5.76. The van der Waals surface area contributed by atoms with Crippen molar-refractivity contribution in [2.24, 2.45) is 16.6 Å². The number of hydrogen-bond acceptors (Lipinski definition) is 8. The van der Waals surface area contributed by atoms with Gasteiger partial charge in [-0.05, 0) is 37.8 Å². The molecule has 0 unspecified atom stereocenters. The van der Waals surface area contributed by atoms with Crippen molar-refractivity contribution in [1.29, 1.82) is 0 Å². The number of carbonyl (C=O) groups is 1. The summed E-state index contributed by atoms with van der Waals surface area (Å²) in [5, 5.41) is 0. The molecule has 31 heavy (non-hydrogen) atoms. The molecule has 2 N–H and O–H groups in total. The Balaban J connectivity index is 1.27. The van der Waals surface area contributed by atoms with E-state index in [0.717, 1.165) is 51.1 Å². The van der Waals surface area contributed by atoms with E-state index in [0.29, 0.717) is 24.9 Å². The predicted molar refractivity (Wildman–Crippen MR) is 114 cm³/mol. The topological polar surface area (TPSA) is 116 Å². The number of ether oxygens (including phenoxy) is 2. The third-order valence-electron chi connectivity index (χ3n) is 6.14. The molecule has 0 bridgehead atoms. The lowest BCUT2D eigenvalue weighted by molar-refractivity contribution is 0.0644. The van der Waals surface area contributed by atoms with Gasteiger partial charge in [0.2, 0.25) is 0 Å². The number of nitrogens with zero attached hydrogens (tertiary/aromatic N) is 5. The van der Waals surface area contributed by atoms with E-state index in [9.17, 15) is 4.79 Å². The highest BCUT2D eigenvalue weighted by molar-refractivity contribution is 6.04. The Morgan fingerprint density at radius 2 is 2.13 bits per heavy atom. The van der Waals surface area contributed by atoms with Crippen LogP contribution in [0.25, 0.3) is 0 Å². The minimum absolute atomic E-state index is 0.0459. The third-order valence-corrected chi connectivity index (χ3v) is 6.14. The van der Waals surface area contributed by atoms with Gasteiger partial charge in [-0.2, -0.15) is 9.97 Å². The smallest absolute Gasteiger partial charge is 0.319 e. The van der Waals surface area contributed by atoms with Crippen LogP contribution in [0, 0.1) is 5.92 Å². The van der Waals surface area contributed by atoms with Gasteiger partial charge in [0.1, 0.15) is 18.1 Å². The van der Waals surface area contributed by atoms with E-state index in [1.807, 2.05) is 12.3 Å². The number of hydrogen-bond donors (Lipinski definition) is 1. The fraction of sp³-hybridized carbons (Fsp3) is 0.500. The number of anilines is 1. The molecular formula is C22H26N6O3. The molecule has 0 aliphatic carbocycles. The molecule has 0 aromatic carbocycles. The van der Waals surface area contributed by atoms with Gasteiger partial charge in [-0.1, -0.05) is 0 Å². The van der Waals surface area contributed by atoms with Crippen molar-refractivity contribution in [3.05, 3.63) is 41.3 Å². The van der Waals surface area contributed by atoms with Crippen molar-refractivity contribution in [2.75, 3.05) is 31.2 Å². The molecule has 0 spiro atoms. The number of aliphatic imine (C=N–C) groups is 1. The number of rotatable bonds is 6. The van der Waals surface area contributed by atoms with E-state index in [1.54, 1.807) is 6.07 Å². The van der Waals surface area contributed by atoms with Crippen LogP contribution in [0.4, 0.5) is 5.82 Å². The first-order chi connectivity index (χ1) is 15.2. The summed E-state index contributed by atoms with van der Waals surface area (Å²) in [7, 11) is 0. The van der Waals surface area contributed by atoms with Crippen LogP contribution in [0.15, 0.2) is 29.4 Å². The monoisotopic (exact) mass is 422 g/mol. The number of piperidine rings is 1. The molecule has 2 aromatic rings. The molecule has 3 aliphatic heterocycles. The van der Waals surface area contributed by atoms with Crippen molar-refractivity contribution in [3.8, 4) is 6.01 Å². The van der Waals surface area contributed by atoms with Gasteiger partial charge >= 0.3 is 6.01 Å². The van der Waals surface area contributed by atoms with Crippen LogP contribution in [0.5, 0.6) is 6.01 Å². The number of aromatic nitrogens is 3. The maximum Gasteiger partial charge on any atom is 0.319 e. The number of primary amides is 1. The zero-order valence-electron chi connectivity index (χ0n) is 17.4. The molecule has 2 saturated heterocycles. The third kappa shape index (κ3) is 4.23. The van der Waals surface area contributed by atoms with Crippen LogP contribution in [-0.4, -0.2) is 59.0 Å². The highest BCUT2D eigenvalue weighted by Gasteiger charge is 2.29. The van der Waals surface area contributed by atoms with E-state index >= 15 is 0 Å². The van der Waals surface area contributed by atoms with Crippen molar-refractivity contribution in [2.45, 2.75) is 38.3 Å². The Morgan fingerprint density at radius 3 is 2.90 bits per heavy atom. The SMILES string of the molecule is NC(=O)c1cc(N2CCC(C3=NCc4ncccc43)CC2)nc(OC[C@H]2CCCO2)n1. The van der Waals surface area contributed by atoms with Crippen LogP contribution in [-0.2, 0) is 11.3 Å². The number of nitrogens with two attached hydrogens (primary N) is 1.